The minimum absolute atomic E-state index is 0.188. The topological polar surface area (TPSA) is 72.2 Å². The first-order valence-electron chi connectivity index (χ1n) is 7.26. The maximum atomic E-state index is 12.2. The largest absolute Gasteiger partial charge is 0.444 e. The van der Waals surface area contributed by atoms with Crippen molar-refractivity contribution in [1.29, 1.82) is 0 Å². The fourth-order valence-electron chi connectivity index (χ4n) is 1.87. The predicted octanol–water partition coefficient (Wildman–Crippen LogP) is 2.51. The smallest absolute Gasteiger partial charge is 0.235 e. The van der Waals surface area contributed by atoms with Gasteiger partial charge in [0.1, 0.15) is 11.5 Å². The number of oxazole rings is 1. The maximum absolute atomic E-state index is 12.2. The summed E-state index contributed by atoms with van der Waals surface area (Å²) >= 11 is 0. The highest BCUT2D eigenvalue weighted by molar-refractivity contribution is 7.85. The highest BCUT2D eigenvalue weighted by Gasteiger charge is 2.21. The van der Waals surface area contributed by atoms with Crippen LogP contribution in [0.1, 0.15) is 26.0 Å². The van der Waals surface area contributed by atoms with Gasteiger partial charge in [0, 0.05) is 22.9 Å². The van der Waals surface area contributed by atoms with Crippen molar-refractivity contribution in [2.75, 3.05) is 6.54 Å². The molecule has 6 heteroatoms. The van der Waals surface area contributed by atoms with Crippen molar-refractivity contribution in [3.63, 3.8) is 0 Å². The van der Waals surface area contributed by atoms with Crippen LogP contribution in [0, 0.1) is 0 Å². The third kappa shape index (κ3) is 4.27. The molecule has 1 N–H and O–H groups in total. The van der Waals surface area contributed by atoms with E-state index in [1.807, 2.05) is 37.3 Å². The van der Waals surface area contributed by atoms with E-state index < -0.39 is 16.0 Å². The molecule has 0 bridgehead atoms. The molecular weight excluding hydrogens is 300 g/mol. The Morgan fingerprint density at radius 2 is 2.09 bits per heavy atom. The fraction of sp³-hybridized carbons (Fsp3) is 0.375. The normalized spacial score (nSPS) is 13.5. The molecule has 1 aromatic heterocycles. The Hall–Kier alpha value is -1.95. The Labute approximate surface area is 132 Å². The Kier molecular flexibility index (Phi) is 5.89. The molecule has 0 spiro atoms. The van der Waals surface area contributed by atoms with E-state index in [9.17, 15) is 9.00 Å². The number of benzene rings is 1. The summed E-state index contributed by atoms with van der Waals surface area (Å²) < 4.78 is 17.6. The van der Waals surface area contributed by atoms with Gasteiger partial charge in [0.15, 0.2) is 0 Å². The van der Waals surface area contributed by atoms with Crippen molar-refractivity contribution >= 4 is 16.7 Å². The van der Waals surface area contributed by atoms with E-state index in [1.165, 1.54) is 6.26 Å². The van der Waals surface area contributed by atoms with E-state index in [4.69, 9.17) is 4.42 Å². The number of amides is 1. The second kappa shape index (κ2) is 7.89. The monoisotopic (exact) mass is 320 g/mol. The van der Waals surface area contributed by atoms with Gasteiger partial charge in [-0.2, -0.15) is 0 Å². The number of carbonyl (C=O) groups excluding carboxylic acids is 1. The maximum Gasteiger partial charge on any atom is 0.235 e. The van der Waals surface area contributed by atoms with Crippen LogP contribution in [-0.4, -0.2) is 26.9 Å². The zero-order valence-corrected chi connectivity index (χ0v) is 13.6. The molecular formula is C16H20N2O3S. The Morgan fingerprint density at radius 3 is 2.77 bits per heavy atom. The first-order valence-corrected chi connectivity index (χ1v) is 8.64. The van der Waals surface area contributed by atoms with E-state index in [1.54, 1.807) is 6.92 Å². The third-order valence-corrected chi connectivity index (χ3v) is 4.76. The fourth-order valence-corrected chi connectivity index (χ4v) is 2.86. The molecule has 2 atom stereocenters. The van der Waals surface area contributed by atoms with Gasteiger partial charge in [-0.15, -0.1) is 0 Å². The number of nitrogens with zero attached hydrogens (tertiary/aromatic N) is 1. The zero-order valence-electron chi connectivity index (χ0n) is 12.7. The van der Waals surface area contributed by atoms with Gasteiger partial charge in [-0.25, -0.2) is 4.98 Å². The first-order chi connectivity index (χ1) is 10.6. The van der Waals surface area contributed by atoms with Crippen molar-refractivity contribution in [3.05, 3.63) is 42.3 Å². The lowest BCUT2D eigenvalue weighted by Gasteiger charge is -2.10. The molecule has 0 aliphatic rings. The van der Waals surface area contributed by atoms with Crippen LogP contribution in [0.15, 0.2) is 41.0 Å². The number of rotatable bonds is 7. The number of hydrogen-bond donors (Lipinski definition) is 1. The summed E-state index contributed by atoms with van der Waals surface area (Å²) in [6.45, 7) is 4.24. The van der Waals surface area contributed by atoms with Gasteiger partial charge in [0.05, 0.1) is 11.4 Å². The molecule has 1 amide bonds. The molecule has 0 radical (unpaired) electrons. The van der Waals surface area contributed by atoms with Gasteiger partial charge in [0.2, 0.25) is 11.8 Å². The highest BCUT2D eigenvalue weighted by Crippen LogP contribution is 2.19. The summed E-state index contributed by atoms with van der Waals surface area (Å²) in [6, 6.07) is 9.51. The molecule has 2 rings (SSSR count). The summed E-state index contributed by atoms with van der Waals surface area (Å²) in [5.74, 6) is 0.513. The lowest BCUT2D eigenvalue weighted by atomic mass is 10.2. The minimum Gasteiger partial charge on any atom is -0.444 e. The van der Waals surface area contributed by atoms with Crippen LogP contribution >= 0.6 is 0 Å². The van der Waals surface area contributed by atoms with Gasteiger partial charge in [0.25, 0.3) is 0 Å². The number of hydrogen-bond acceptors (Lipinski definition) is 4. The molecule has 0 unspecified atom stereocenters. The van der Waals surface area contributed by atoms with Gasteiger partial charge < -0.3 is 9.73 Å². The number of aromatic nitrogens is 1. The van der Waals surface area contributed by atoms with Crippen LogP contribution in [0.3, 0.4) is 0 Å². The molecule has 0 fully saturated rings. The molecule has 0 aliphatic heterocycles. The zero-order chi connectivity index (χ0) is 15.9. The van der Waals surface area contributed by atoms with Gasteiger partial charge in [-0.1, -0.05) is 25.1 Å². The SMILES string of the molecule is CCCNC(=O)[C@@H](C)[S@@](=O)Cc1coc(-c2ccccc2)n1. The molecule has 5 nitrogen and oxygen atoms in total. The van der Waals surface area contributed by atoms with Crippen LogP contribution in [0.25, 0.3) is 11.5 Å². The average molecular weight is 320 g/mol. The first kappa shape index (κ1) is 16.4. The standard InChI is InChI=1S/C16H20N2O3S/c1-3-9-17-15(19)12(2)22(20)11-14-10-21-16(18-14)13-7-5-4-6-8-13/h4-8,10,12H,3,9,11H2,1-2H3,(H,17,19)/t12-,22+/m1/s1. The van der Waals surface area contributed by atoms with Gasteiger partial charge >= 0.3 is 0 Å². The minimum atomic E-state index is -1.33. The van der Waals surface area contributed by atoms with Gasteiger partial charge in [-0.05, 0) is 25.5 Å². The van der Waals surface area contributed by atoms with E-state index in [-0.39, 0.29) is 11.7 Å². The number of nitrogens with one attached hydrogen (secondary N) is 1. The van der Waals surface area contributed by atoms with E-state index >= 15 is 0 Å². The van der Waals surface area contributed by atoms with Crippen molar-refractivity contribution in [1.82, 2.24) is 10.3 Å². The van der Waals surface area contributed by atoms with Crippen LogP contribution in [0.2, 0.25) is 0 Å². The van der Waals surface area contributed by atoms with E-state index in [0.717, 1.165) is 12.0 Å². The third-order valence-electron chi connectivity index (χ3n) is 3.18. The Balaban J connectivity index is 1.98. The Bertz CT molecular complexity index is 640. The summed E-state index contributed by atoms with van der Waals surface area (Å²) in [7, 11) is -1.33. The summed E-state index contributed by atoms with van der Waals surface area (Å²) in [5.41, 5.74) is 1.46. The van der Waals surface area contributed by atoms with Crippen LogP contribution in [0.4, 0.5) is 0 Å². The second-order valence-corrected chi connectivity index (χ2v) is 6.73. The lowest BCUT2D eigenvalue weighted by molar-refractivity contribution is -0.120. The van der Waals surface area contributed by atoms with E-state index in [0.29, 0.717) is 18.1 Å². The Morgan fingerprint density at radius 1 is 1.36 bits per heavy atom. The molecule has 118 valence electrons. The van der Waals surface area contributed by atoms with E-state index in [2.05, 4.69) is 10.3 Å². The average Bonchev–Trinajstić information content (AvgIpc) is 3.01. The summed E-state index contributed by atoms with van der Waals surface area (Å²) in [5, 5.41) is 2.19. The van der Waals surface area contributed by atoms with Crippen LogP contribution < -0.4 is 5.32 Å². The van der Waals surface area contributed by atoms with Crippen molar-refractivity contribution in [2.45, 2.75) is 31.3 Å². The molecule has 1 heterocycles. The number of carbonyl (C=O) groups is 1. The second-order valence-electron chi connectivity index (χ2n) is 4.97. The molecule has 0 saturated carbocycles. The summed E-state index contributed by atoms with van der Waals surface area (Å²) in [4.78, 5) is 16.1. The molecule has 2 aromatic rings. The van der Waals surface area contributed by atoms with Crippen molar-refractivity contribution in [3.8, 4) is 11.5 Å². The molecule has 1 aromatic carbocycles. The van der Waals surface area contributed by atoms with Crippen LogP contribution in [-0.2, 0) is 21.3 Å². The molecule has 0 saturated heterocycles. The van der Waals surface area contributed by atoms with Gasteiger partial charge in [-0.3, -0.25) is 9.00 Å². The summed E-state index contributed by atoms with van der Waals surface area (Å²) in [6.07, 6.45) is 2.35. The lowest BCUT2D eigenvalue weighted by Crippen LogP contribution is -2.36. The van der Waals surface area contributed by atoms with Crippen molar-refractivity contribution < 1.29 is 13.4 Å². The highest BCUT2D eigenvalue weighted by atomic mass is 32.2. The quantitative estimate of drug-likeness (QED) is 0.851. The molecule has 0 aliphatic carbocycles. The predicted molar refractivity (Wildman–Crippen MR) is 86.5 cm³/mol. The van der Waals surface area contributed by atoms with Crippen LogP contribution in [0.5, 0.6) is 0 Å². The molecule has 22 heavy (non-hydrogen) atoms. The van der Waals surface area contributed by atoms with Crippen molar-refractivity contribution in [2.24, 2.45) is 0 Å².